The molecule has 0 aromatic heterocycles. The van der Waals surface area contributed by atoms with E-state index in [0.717, 1.165) is 15.4 Å². The molecular weight excluding hydrogens is 545 g/mol. The minimum atomic E-state index is -4.22. The summed E-state index contributed by atoms with van der Waals surface area (Å²) >= 11 is 12.6. The molecule has 0 saturated carbocycles. The zero-order valence-electron chi connectivity index (χ0n) is 21.7. The number of hydrogen-bond acceptors (Lipinski definition) is 4. The Balaban J connectivity index is 2.06. The van der Waals surface area contributed by atoms with Gasteiger partial charge in [-0.05, 0) is 63.6 Å². The van der Waals surface area contributed by atoms with Gasteiger partial charge in [-0.2, -0.15) is 0 Å². The van der Waals surface area contributed by atoms with Gasteiger partial charge in [-0.1, -0.05) is 71.2 Å². The Labute approximate surface area is 234 Å². The van der Waals surface area contributed by atoms with Crippen molar-refractivity contribution in [2.45, 2.75) is 51.2 Å². The smallest absolute Gasteiger partial charge is 0.264 e. The van der Waals surface area contributed by atoms with Gasteiger partial charge >= 0.3 is 0 Å². The van der Waals surface area contributed by atoms with Crippen molar-refractivity contribution in [3.63, 3.8) is 0 Å². The predicted octanol–water partition coefficient (Wildman–Crippen LogP) is 5.44. The molecule has 7 nitrogen and oxygen atoms in total. The maximum absolute atomic E-state index is 13.9. The van der Waals surface area contributed by atoms with E-state index >= 15 is 0 Å². The number of aryl methyl sites for hydroxylation is 1. The van der Waals surface area contributed by atoms with Crippen molar-refractivity contribution in [1.29, 1.82) is 0 Å². The van der Waals surface area contributed by atoms with Gasteiger partial charge in [-0.25, -0.2) is 8.42 Å². The van der Waals surface area contributed by atoms with Crippen LogP contribution in [0.2, 0.25) is 10.0 Å². The van der Waals surface area contributed by atoms with E-state index in [9.17, 15) is 18.0 Å². The van der Waals surface area contributed by atoms with E-state index < -0.39 is 28.5 Å². The fraction of sp³-hybridized carbons (Fsp3) is 0.286. The molecule has 2 amide bonds. The van der Waals surface area contributed by atoms with Crippen molar-refractivity contribution >= 4 is 50.7 Å². The summed E-state index contributed by atoms with van der Waals surface area (Å²) in [5.74, 6) is -0.925. The SMILES string of the molecule is Cc1ccc(CN(C(=O)CN(c2cc(Cl)ccc2Cl)S(=O)(=O)c2ccccc2)[C@H](C)C(=O)NC(C)C)cc1. The molecule has 0 fully saturated rings. The van der Waals surface area contributed by atoms with Crippen molar-refractivity contribution in [2.75, 3.05) is 10.8 Å². The van der Waals surface area contributed by atoms with E-state index in [1.807, 2.05) is 45.0 Å². The number of rotatable bonds is 10. The van der Waals surface area contributed by atoms with Crippen LogP contribution in [0.3, 0.4) is 0 Å². The highest BCUT2D eigenvalue weighted by Gasteiger charge is 2.33. The van der Waals surface area contributed by atoms with E-state index in [4.69, 9.17) is 23.2 Å². The number of nitrogens with zero attached hydrogens (tertiary/aromatic N) is 2. The first kappa shape index (κ1) is 29.5. The third kappa shape index (κ3) is 7.28. The first-order valence-corrected chi connectivity index (χ1v) is 14.3. The Morgan fingerprint density at radius 2 is 1.55 bits per heavy atom. The fourth-order valence-corrected chi connectivity index (χ4v) is 5.67. The molecule has 10 heteroatoms. The summed E-state index contributed by atoms with van der Waals surface area (Å²) in [6, 6.07) is 18.7. The van der Waals surface area contributed by atoms with E-state index in [2.05, 4.69) is 5.32 Å². The molecule has 0 saturated heterocycles. The minimum absolute atomic E-state index is 0.0143. The van der Waals surface area contributed by atoms with Gasteiger partial charge in [0, 0.05) is 17.6 Å². The quantitative estimate of drug-likeness (QED) is 0.348. The molecule has 0 bridgehead atoms. The van der Waals surface area contributed by atoms with E-state index in [0.29, 0.717) is 0 Å². The zero-order valence-corrected chi connectivity index (χ0v) is 24.0. The molecule has 1 N–H and O–H groups in total. The van der Waals surface area contributed by atoms with Crippen LogP contribution in [0.5, 0.6) is 0 Å². The molecule has 3 rings (SSSR count). The lowest BCUT2D eigenvalue weighted by molar-refractivity contribution is -0.139. The number of nitrogens with one attached hydrogen (secondary N) is 1. The second kappa shape index (κ2) is 12.7. The molecule has 0 unspecified atom stereocenters. The molecule has 1 atom stereocenters. The molecular formula is C28H31Cl2N3O4S. The minimum Gasteiger partial charge on any atom is -0.352 e. The van der Waals surface area contributed by atoms with Crippen molar-refractivity contribution < 1.29 is 18.0 Å². The van der Waals surface area contributed by atoms with Crippen molar-refractivity contribution in [3.8, 4) is 0 Å². The monoisotopic (exact) mass is 575 g/mol. The highest BCUT2D eigenvalue weighted by Crippen LogP contribution is 2.33. The van der Waals surface area contributed by atoms with E-state index in [1.54, 1.807) is 25.1 Å². The van der Waals surface area contributed by atoms with Gasteiger partial charge in [0.2, 0.25) is 11.8 Å². The van der Waals surface area contributed by atoms with Crippen molar-refractivity contribution in [3.05, 3.63) is 94.0 Å². The third-order valence-corrected chi connectivity index (χ3v) is 8.19. The normalized spacial score (nSPS) is 12.2. The molecule has 0 aliphatic heterocycles. The third-order valence-electron chi connectivity index (χ3n) is 5.86. The predicted molar refractivity (Wildman–Crippen MR) is 152 cm³/mol. The number of carbonyl (C=O) groups excluding carboxylic acids is 2. The van der Waals surface area contributed by atoms with E-state index in [1.165, 1.54) is 35.2 Å². The van der Waals surface area contributed by atoms with Gasteiger partial charge in [0.1, 0.15) is 12.6 Å². The average molecular weight is 577 g/mol. The first-order valence-electron chi connectivity index (χ1n) is 12.1. The van der Waals surface area contributed by atoms with Gasteiger partial charge < -0.3 is 10.2 Å². The largest absolute Gasteiger partial charge is 0.352 e. The number of hydrogen-bond donors (Lipinski definition) is 1. The number of benzene rings is 3. The summed E-state index contributed by atoms with van der Waals surface area (Å²) in [6.07, 6.45) is 0. The van der Waals surface area contributed by atoms with Crippen LogP contribution in [-0.4, -0.2) is 43.8 Å². The molecule has 38 heavy (non-hydrogen) atoms. The number of amides is 2. The molecule has 0 spiro atoms. The Morgan fingerprint density at radius 3 is 2.16 bits per heavy atom. The van der Waals surface area contributed by atoms with Crippen LogP contribution >= 0.6 is 23.2 Å². The van der Waals surface area contributed by atoms with Crippen molar-refractivity contribution in [2.24, 2.45) is 0 Å². The Kier molecular flexibility index (Phi) is 9.82. The molecule has 3 aromatic carbocycles. The lowest BCUT2D eigenvalue weighted by atomic mass is 10.1. The van der Waals surface area contributed by atoms with Crippen molar-refractivity contribution in [1.82, 2.24) is 10.2 Å². The summed E-state index contributed by atoms with van der Waals surface area (Å²) in [5.41, 5.74) is 1.91. The number of carbonyl (C=O) groups is 2. The summed E-state index contributed by atoms with van der Waals surface area (Å²) in [4.78, 5) is 28.2. The summed E-state index contributed by atoms with van der Waals surface area (Å²) in [7, 11) is -4.22. The maximum Gasteiger partial charge on any atom is 0.264 e. The van der Waals surface area contributed by atoms with Gasteiger partial charge in [0.05, 0.1) is 15.6 Å². The maximum atomic E-state index is 13.9. The van der Waals surface area contributed by atoms with Gasteiger partial charge in [0.15, 0.2) is 0 Å². The second-order valence-corrected chi connectivity index (χ2v) is 12.0. The van der Waals surface area contributed by atoms with Crippen LogP contribution < -0.4 is 9.62 Å². The number of anilines is 1. The average Bonchev–Trinajstić information content (AvgIpc) is 2.88. The Bertz CT molecular complexity index is 1380. The molecule has 3 aromatic rings. The van der Waals surface area contributed by atoms with Gasteiger partial charge in [-0.15, -0.1) is 0 Å². The summed E-state index contributed by atoms with van der Waals surface area (Å²) in [5, 5.41) is 3.19. The van der Waals surface area contributed by atoms with Crippen LogP contribution in [0.1, 0.15) is 31.9 Å². The van der Waals surface area contributed by atoms with Gasteiger partial charge in [-0.3, -0.25) is 13.9 Å². The summed E-state index contributed by atoms with van der Waals surface area (Å²) in [6.45, 7) is 6.73. The van der Waals surface area contributed by atoms with Crippen LogP contribution in [0.25, 0.3) is 0 Å². The zero-order chi connectivity index (χ0) is 28.0. The first-order chi connectivity index (χ1) is 17.9. The Morgan fingerprint density at radius 1 is 0.921 bits per heavy atom. The van der Waals surface area contributed by atoms with E-state index in [-0.39, 0.29) is 39.1 Å². The number of sulfonamides is 1. The van der Waals surface area contributed by atoms with Crippen LogP contribution in [-0.2, 0) is 26.2 Å². The molecule has 0 radical (unpaired) electrons. The van der Waals surface area contributed by atoms with Gasteiger partial charge in [0.25, 0.3) is 10.0 Å². The number of halogens is 2. The Hall–Kier alpha value is -3.07. The van der Waals surface area contributed by atoms with Crippen LogP contribution in [0.15, 0.2) is 77.7 Å². The molecule has 202 valence electrons. The summed E-state index contributed by atoms with van der Waals surface area (Å²) < 4.78 is 28.5. The molecule has 0 aliphatic carbocycles. The second-order valence-electron chi connectivity index (χ2n) is 9.27. The fourth-order valence-electron chi connectivity index (χ4n) is 3.79. The molecule has 0 aliphatic rings. The topological polar surface area (TPSA) is 86.8 Å². The lowest BCUT2D eigenvalue weighted by Gasteiger charge is -2.32. The lowest BCUT2D eigenvalue weighted by Crippen LogP contribution is -2.52. The standard InChI is InChI=1S/C28H31Cl2N3O4S/c1-19(2)31-28(35)21(4)32(17-22-12-10-20(3)11-13-22)27(34)18-33(26-16-23(29)14-15-25(26)30)38(36,37)24-8-6-5-7-9-24/h5-16,19,21H,17-18H2,1-4H3,(H,31,35)/t21-/m1/s1. The molecule has 0 heterocycles. The highest BCUT2D eigenvalue weighted by atomic mass is 35.5. The highest BCUT2D eigenvalue weighted by molar-refractivity contribution is 7.92. The van der Waals surface area contributed by atoms with Crippen LogP contribution in [0, 0.1) is 6.92 Å². The van der Waals surface area contributed by atoms with Crippen LogP contribution in [0.4, 0.5) is 5.69 Å².